The number of hydrogen-bond acceptors (Lipinski definition) is 2. The zero-order chi connectivity index (χ0) is 15.1. The van der Waals surface area contributed by atoms with Crippen molar-refractivity contribution in [2.45, 2.75) is 6.92 Å². The van der Waals surface area contributed by atoms with Gasteiger partial charge in [0.25, 0.3) is 0 Å². The summed E-state index contributed by atoms with van der Waals surface area (Å²) in [7, 11) is 0. The van der Waals surface area contributed by atoms with Gasteiger partial charge in [0.2, 0.25) is 0 Å². The second-order valence-corrected chi connectivity index (χ2v) is 6.23. The first-order valence-corrected chi connectivity index (χ1v) is 7.60. The predicted molar refractivity (Wildman–Crippen MR) is 87.4 cm³/mol. The highest BCUT2D eigenvalue weighted by Crippen LogP contribution is 2.33. The first-order chi connectivity index (χ1) is 9.97. The number of halogens is 4. The van der Waals surface area contributed by atoms with Crippen LogP contribution in [0.4, 0.5) is 4.39 Å². The van der Waals surface area contributed by atoms with Gasteiger partial charge >= 0.3 is 0 Å². The molecule has 0 spiro atoms. The first-order valence-electron chi connectivity index (χ1n) is 6.05. The van der Waals surface area contributed by atoms with Crippen molar-refractivity contribution in [1.29, 1.82) is 0 Å². The molecular formula is C15H8BrCl2FN2. The minimum atomic E-state index is -0.438. The van der Waals surface area contributed by atoms with Gasteiger partial charge in [-0.1, -0.05) is 45.2 Å². The summed E-state index contributed by atoms with van der Waals surface area (Å²) in [6.07, 6.45) is 0. The molecule has 21 heavy (non-hydrogen) atoms. The van der Waals surface area contributed by atoms with Crippen molar-refractivity contribution < 1.29 is 4.39 Å². The van der Waals surface area contributed by atoms with E-state index in [4.69, 9.17) is 23.2 Å². The van der Waals surface area contributed by atoms with Gasteiger partial charge in [0, 0.05) is 10.0 Å². The van der Waals surface area contributed by atoms with Crippen molar-refractivity contribution in [3.63, 3.8) is 0 Å². The third-order valence-electron chi connectivity index (χ3n) is 3.13. The van der Waals surface area contributed by atoms with Gasteiger partial charge in [-0.2, -0.15) is 0 Å². The van der Waals surface area contributed by atoms with Gasteiger partial charge in [-0.05, 0) is 36.8 Å². The van der Waals surface area contributed by atoms with Crippen molar-refractivity contribution in [3.05, 3.63) is 56.4 Å². The Balaban J connectivity index is 2.35. The van der Waals surface area contributed by atoms with Crippen LogP contribution in [0.5, 0.6) is 0 Å². The molecule has 2 nitrogen and oxygen atoms in total. The van der Waals surface area contributed by atoms with Crippen LogP contribution in [0, 0.1) is 12.7 Å². The van der Waals surface area contributed by atoms with Gasteiger partial charge in [0.05, 0.1) is 15.9 Å². The Morgan fingerprint density at radius 1 is 1.10 bits per heavy atom. The van der Waals surface area contributed by atoms with E-state index in [-0.39, 0.29) is 10.5 Å². The van der Waals surface area contributed by atoms with Crippen molar-refractivity contribution in [1.82, 2.24) is 9.97 Å². The van der Waals surface area contributed by atoms with Crippen molar-refractivity contribution in [2.75, 3.05) is 0 Å². The molecule has 0 aliphatic heterocycles. The second kappa shape index (κ2) is 5.52. The van der Waals surface area contributed by atoms with Crippen LogP contribution in [-0.4, -0.2) is 9.97 Å². The Kier molecular flexibility index (Phi) is 3.86. The maximum atomic E-state index is 13.9. The van der Waals surface area contributed by atoms with E-state index in [0.29, 0.717) is 21.9 Å². The molecule has 0 aliphatic carbocycles. The molecule has 0 saturated heterocycles. The van der Waals surface area contributed by atoms with Gasteiger partial charge in [0.15, 0.2) is 5.82 Å². The van der Waals surface area contributed by atoms with Crippen LogP contribution in [0.1, 0.15) is 5.56 Å². The van der Waals surface area contributed by atoms with Crippen molar-refractivity contribution in [2.24, 2.45) is 0 Å². The molecule has 3 aromatic rings. The highest BCUT2D eigenvalue weighted by Gasteiger charge is 2.15. The van der Waals surface area contributed by atoms with Crippen LogP contribution in [-0.2, 0) is 0 Å². The molecule has 1 aromatic heterocycles. The third kappa shape index (κ3) is 2.63. The smallest absolute Gasteiger partial charge is 0.163 e. The molecule has 2 aromatic carbocycles. The summed E-state index contributed by atoms with van der Waals surface area (Å²) in [5.74, 6) is -0.0695. The summed E-state index contributed by atoms with van der Waals surface area (Å²) in [4.78, 5) is 8.61. The van der Waals surface area contributed by atoms with E-state index in [1.807, 2.05) is 13.0 Å². The molecule has 0 N–H and O–H groups in total. The average Bonchev–Trinajstić information content (AvgIpc) is 2.45. The van der Waals surface area contributed by atoms with Crippen molar-refractivity contribution >= 4 is 50.0 Å². The zero-order valence-electron chi connectivity index (χ0n) is 10.8. The summed E-state index contributed by atoms with van der Waals surface area (Å²) in [5.41, 5.74) is 1.95. The minimum absolute atomic E-state index is 0.0762. The largest absolute Gasteiger partial charge is 0.227 e. The van der Waals surface area contributed by atoms with Crippen LogP contribution < -0.4 is 0 Å². The van der Waals surface area contributed by atoms with E-state index in [1.165, 1.54) is 6.07 Å². The molecule has 0 saturated carbocycles. The molecule has 0 amide bonds. The Labute approximate surface area is 139 Å². The molecule has 1 heterocycles. The minimum Gasteiger partial charge on any atom is -0.227 e. The third-order valence-corrected chi connectivity index (χ3v) is 4.22. The van der Waals surface area contributed by atoms with E-state index in [1.54, 1.807) is 18.2 Å². The number of rotatable bonds is 1. The number of hydrogen-bond donors (Lipinski definition) is 0. The van der Waals surface area contributed by atoms with E-state index >= 15 is 0 Å². The molecule has 0 bridgehead atoms. The number of nitrogens with zero attached hydrogens (tertiary/aromatic N) is 2. The lowest BCUT2D eigenvalue weighted by Crippen LogP contribution is -1.96. The Morgan fingerprint density at radius 3 is 2.62 bits per heavy atom. The van der Waals surface area contributed by atoms with E-state index in [9.17, 15) is 4.39 Å². The highest BCUT2D eigenvalue weighted by molar-refractivity contribution is 9.10. The standard InChI is InChI=1S/C15H8BrCl2FN2/c1-7-2-5-11(19)12-13(7)20-15(21-14(12)18)9-6-8(16)3-4-10(9)17/h2-6H,1H3. The molecule has 0 unspecified atom stereocenters. The molecule has 3 rings (SSSR count). The van der Waals surface area contributed by atoms with Crippen molar-refractivity contribution in [3.8, 4) is 11.4 Å². The first kappa shape index (κ1) is 14.7. The highest BCUT2D eigenvalue weighted by atomic mass is 79.9. The van der Waals surface area contributed by atoms with Crippen LogP contribution in [0.15, 0.2) is 34.8 Å². The fourth-order valence-corrected chi connectivity index (χ4v) is 2.90. The molecule has 0 aliphatic rings. The molecule has 6 heteroatoms. The van der Waals surface area contributed by atoms with Gasteiger partial charge in [-0.25, -0.2) is 14.4 Å². The van der Waals surface area contributed by atoms with Crippen LogP contribution >= 0.6 is 39.1 Å². The second-order valence-electron chi connectivity index (χ2n) is 4.55. The van der Waals surface area contributed by atoms with Gasteiger partial charge in [-0.15, -0.1) is 0 Å². The number of benzene rings is 2. The summed E-state index contributed by atoms with van der Waals surface area (Å²) in [6, 6.07) is 8.38. The summed E-state index contributed by atoms with van der Waals surface area (Å²) in [5, 5.41) is 0.807. The maximum Gasteiger partial charge on any atom is 0.163 e. The lowest BCUT2D eigenvalue weighted by molar-refractivity contribution is 0.639. The lowest BCUT2D eigenvalue weighted by atomic mass is 10.1. The fourth-order valence-electron chi connectivity index (χ4n) is 2.08. The monoisotopic (exact) mass is 384 g/mol. The predicted octanol–water partition coefficient (Wildman–Crippen LogP) is 5.81. The van der Waals surface area contributed by atoms with Gasteiger partial charge < -0.3 is 0 Å². The van der Waals surface area contributed by atoms with E-state index in [0.717, 1.165) is 10.0 Å². The number of aromatic nitrogens is 2. The summed E-state index contributed by atoms with van der Waals surface area (Å²) in [6.45, 7) is 1.84. The van der Waals surface area contributed by atoms with Crippen LogP contribution in [0.25, 0.3) is 22.3 Å². The zero-order valence-corrected chi connectivity index (χ0v) is 13.9. The SMILES string of the molecule is Cc1ccc(F)c2c(Cl)nc(-c3cc(Br)ccc3Cl)nc12. The number of fused-ring (bicyclic) bond motifs is 1. The van der Waals surface area contributed by atoms with Gasteiger partial charge in [-0.3, -0.25) is 0 Å². The normalized spacial score (nSPS) is 11.1. The Bertz CT molecular complexity index is 868. The number of aryl methyl sites for hydroxylation is 1. The van der Waals surface area contributed by atoms with Crippen LogP contribution in [0.3, 0.4) is 0 Å². The summed E-state index contributed by atoms with van der Waals surface area (Å²) < 4.78 is 14.8. The topological polar surface area (TPSA) is 25.8 Å². The van der Waals surface area contributed by atoms with E-state index in [2.05, 4.69) is 25.9 Å². The maximum absolute atomic E-state index is 13.9. The quantitative estimate of drug-likeness (QED) is 0.493. The fraction of sp³-hybridized carbons (Fsp3) is 0.0667. The molecule has 0 radical (unpaired) electrons. The molecular weight excluding hydrogens is 378 g/mol. The van der Waals surface area contributed by atoms with Gasteiger partial charge in [0.1, 0.15) is 11.0 Å². The Hall–Kier alpha value is -1.23. The molecule has 0 fully saturated rings. The molecule has 106 valence electrons. The molecule has 0 atom stereocenters. The lowest BCUT2D eigenvalue weighted by Gasteiger charge is -2.09. The van der Waals surface area contributed by atoms with E-state index < -0.39 is 5.82 Å². The average molecular weight is 386 g/mol. The van der Waals surface area contributed by atoms with Crippen LogP contribution in [0.2, 0.25) is 10.2 Å². The summed E-state index contributed by atoms with van der Waals surface area (Å²) >= 11 is 15.7. The Morgan fingerprint density at radius 2 is 1.86 bits per heavy atom.